The standard InChI is InChI=1S/C20H27N5O2/c1-14(26)15-7-5-8-16(11-15)20(27)25-10-6-9-17(12-25)19-22-21-18(24(19)4)13-23(2)3/h5,7-8,11,17H,6,9-10,12-13H2,1-4H3/t17-/m0/s1. The maximum Gasteiger partial charge on any atom is 0.253 e. The number of piperidine rings is 1. The van der Waals surface area contributed by atoms with Crippen molar-refractivity contribution in [3.05, 3.63) is 47.0 Å². The molecule has 2 heterocycles. The van der Waals surface area contributed by atoms with Gasteiger partial charge in [0.2, 0.25) is 0 Å². The van der Waals surface area contributed by atoms with Gasteiger partial charge in [-0.3, -0.25) is 9.59 Å². The van der Waals surface area contributed by atoms with Crippen LogP contribution in [0.2, 0.25) is 0 Å². The number of ketones is 1. The molecule has 1 amide bonds. The second-order valence-corrected chi connectivity index (χ2v) is 7.50. The first kappa shape index (κ1) is 19.2. The van der Waals surface area contributed by atoms with Crippen LogP contribution in [0.25, 0.3) is 0 Å². The van der Waals surface area contributed by atoms with Crippen molar-refractivity contribution in [3.63, 3.8) is 0 Å². The number of likely N-dealkylation sites (tertiary alicyclic amines) is 1. The zero-order valence-corrected chi connectivity index (χ0v) is 16.5. The number of aromatic nitrogens is 3. The van der Waals surface area contributed by atoms with Gasteiger partial charge in [-0.2, -0.15) is 0 Å². The molecule has 1 aliphatic heterocycles. The fourth-order valence-electron chi connectivity index (χ4n) is 3.58. The molecule has 0 saturated carbocycles. The van der Waals surface area contributed by atoms with Crippen LogP contribution < -0.4 is 0 Å². The van der Waals surface area contributed by atoms with E-state index in [1.165, 1.54) is 6.92 Å². The Labute approximate surface area is 160 Å². The Hall–Kier alpha value is -2.54. The third-order valence-electron chi connectivity index (χ3n) is 5.05. The smallest absolute Gasteiger partial charge is 0.253 e. The summed E-state index contributed by atoms with van der Waals surface area (Å²) < 4.78 is 2.05. The molecule has 0 N–H and O–H groups in total. The third-order valence-corrected chi connectivity index (χ3v) is 5.05. The summed E-state index contributed by atoms with van der Waals surface area (Å²) in [5.41, 5.74) is 1.13. The summed E-state index contributed by atoms with van der Waals surface area (Å²) in [6.45, 7) is 3.59. The number of benzene rings is 1. The molecule has 1 aliphatic rings. The molecule has 27 heavy (non-hydrogen) atoms. The first-order valence-corrected chi connectivity index (χ1v) is 9.30. The predicted molar refractivity (Wildman–Crippen MR) is 103 cm³/mol. The summed E-state index contributed by atoms with van der Waals surface area (Å²) in [6, 6.07) is 6.97. The van der Waals surface area contributed by atoms with Crippen LogP contribution in [-0.2, 0) is 13.6 Å². The van der Waals surface area contributed by atoms with Crippen molar-refractivity contribution < 1.29 is 9.59 Å². The summed E-state index contributed by atoms with van der Waals surface area (Å²) in [4.78, 5) is 28.5. The predicted octanol–water partition coefficient (Wildman–Crippen LogP) is 2.10. The van der Waals surface area contributed by atoms with Gasteiger partial charge in [-0.1, -0.05) is 12.1 Å². The number of amides is 1. The minimum Gasteiger partial charge on any atom is -0.338 e. The van der Waals surface area contributed by atoms with Gasteiger partial charge in [-0.25, -0.2) is 0 Å². The summed E-state index contributed by atoms with van der Waals surface area (Å²) in [6.07, 6.45) is 1.92. The lowest BCUT2D eigenvalue weighted by Crippen LogP contribution is -2.39. The molecule has 7 heteroatoms. The SMILES string of the molecule is CC(=O)c1cccc(C(=O)N2CCC[C@H](c3nnc(CN(C)C)n3C)C2)c1. The number of carbonyl (C=O) groups excluding carboxylic acids is 2. The first-order valence-electron chi connectivity index (χ1n) is 9.30. The van der Waals surface area contributed by atoms with Crippen LogP contribution in [0.1, 0.15) is 58.0 Å². The van der Waals surface area contributed by atoms with Gasteiger partial charge in [0.25, 0.3) is 5.91 Å². The molecule has 144 valence electrons. The average Bonchev–Trinajstić information content (AvgIpc) is 3.01. The summed E-state index contributed by atoms with van der Waals surface area (Å²) in [5, 5.41) is 8.72. The maximum atomic E-state index is 13.0. The van der Waals surface area contributed by atoms with Gasteiger partial charge < -0.3 is 14.4 Å². The van der Waals surface area contributed by atoms with E-state index in [9.17, 15) is 9.59 Å². The number of hydrogen-bond donors (Lipinski definition) is 0. The van der Waals surface area contributed by atoms with E-state index in [0.29, 0.717) is 17.7 Å². The highest BCUT2D eigenvalue weighted by Gasteiger charge is 2.29. The van der Waals surface area contributed by atoms with Crippen molar-refractivity contribution in [2.75, 3.05) is 27.2 Å². The lowest BCUT2D eigenvalue weighted by atomic mass is 9.96. The van der Waals surface area contributed by atoms with Crippen LogP contribution in [0.5, 0.6) is 0 Å². The largest absolute Gasteiger partial charge is 0.338 e. The average molecular weight is 369 g/mol. The highest BCUT2D eigenvalue weighted by Crippen LogP contribution is 2.27. The minimum absolute atomic E-state index is 0.0292. The van der Waals surface area contributed by atoms with Gasteiger partial charge in [0.05, 0.1) is 6.54 Å². The number of hydrogen-bond acceptors (Lipinski definition) is 5. The lowest BCUT2D eigenvalue weighted by Gasteiger charge is -2.32. The van der Waals surface area contributed by atoms with Gasteiger partial charge in [-0.15, -0.1) is 10.2 Å². The topological polar surface area (TPSA) is 71.3 Å². The highest BCUT2D eigenvalue weighted by atomic mass is 16.2. The Kier molecular flexibility index (Phi) is 5.70. The van der Waals surface area contributed by atoms with Crippen LogP contribution >= 0.6 is 0 Å². The Balaban J connectivity index is 1.76. The molecule has 1 atom stereocenters. The Bertz CT molecular complexity index is 843. The third kappa shape index (κ3) is 4.24. The summed E-state index contributed by atoms with van der Waals surface area (Å²) in [5.74, 6) is 1.97. The number of carbonyl (C=O) groups is 2. The molecular weight excluding hydrogens is 342 g/mol. The lowest BCUT2D eigenvalue weighted by molar-refractivity contribution is 0.0703. The van der Waals surface area contributed by atoms with Crippen molar-refractivity contribution >= 4 is 11.7 Å². The zero-order chi connectivity index (χ0) is 19.6. The van der Waals surface area contributed by atoms with E-state index in [4.69, 9.17) is 0 Å². The molecule has 1 aromatic heterocycles. The van der Waals surface area contributed by atoms with Crippen LogP contribution in [0, 0.1) is 0 Å². The summed E-state index contributed by atoms with van der Waals surface area (Å²) >= 11 is 0. The van der Waals surface area contributed by atoms with Gasteiger partial charge in [0.1, 0.15) is 11.6 Å². The van der Waals surface area contributed by atoms with Crippen molar-refractivity contribution in [2.45, 2.75) is 32.2 Å². The molecular formula is C20H27N5O2. The number of Topliss-reactive ketones (excluding diaryl/α,β-unsaturated/α-hetero) is 1. The van der Waals surface area contributed by atoms with Crippen molar-refractivity contribution in [1.82, 2.24) is 24.6 Å². The van der Waals surface area contributed by atoms with E-state index in [-0.39, 0.29) is 17.6 Å². The molecule has 0 aliphatic carbocycles. The monoisotopic (exact) mass is 369 g/mol. The fraction of sp³-hybridized carbons (Fsp3) is 0.500. The van der Waals surface area contributed by atoms with E-state index in [1.807, 2.05) is 26.0 Å². The van der Waals surface area contributed by atoms with E-state index in [1.54, 1.807) is 24.3 Å². The van der Waals surface area contributed by atoms with Crippen molar-refractivity contribution in [3.8, 4) is 0 Å². The maximum absolute atomic E-state index is 13.0. The molecule has 2 aromatic rings. The van der Waals surface area contributed by atoms with Gasteiger partial charge in [-0.05, 0) is 46.0 Å². The number of nitrogens with zero attached hydrogens (tertiary/aromatic N) is 5. The normalized spacial score (nSPS) is 17.4. The second-order valence-electron chi connectivity index (χ2n) is 7.50. The molecule has 0 bridgehead atoms. The van der Waals surface area contributed by atoms with Crippen LogP contribution in [0.3, 0.4) is 0 Å². The van der Waals surface area contributed by atoms with E-state index in [2.05, 4.69) is 19.7 Å². The molecule has 1 fully saturated rings. The molecule has 7 nitrogen and oxygen atoms in total. The molecule has 0 unspecified atom stereocenters. The molecule has 0 radical (unpaired) electrons. The van der Waals surface area contributed by atoms with E-state index >= 15 is 0 Å². The molecule has 0 spiro atoms. The van der Waals surface area contributed by atoms with Crippen molar-refractivity contribution in [2.24, 2.45) is 7.05 Å². The minimum atomic E-state index is -0.0336. The molecule has 3 rings (SSSR count). The Morgan fingerprint density at radius 1 is 1.22 bits per heavy atom. The van der Waals surface area contributed by atoms with Gasteiger partial charge >= 0.3 is 0 Å². The van der Waals surface area contributed by atoms with E-state index in [0.717, 1.165) is 37.6 Å². The van der Waals surface area contributed by atoms with Crippen LogP contribution in [0.4, 0.5) is 0 Å². The van der Waals surface area contributed by atoms with Crippen LogP contribution in [-0.4, -0.2) is 63.4 Å². The molecule has 1 aromatic carbocycles. The Morgan fingerprint density at radius 2 is 1.96 bits per heavy atom. The number of rotatable bonds is 5. The fourth-order valence-corrected chi connectivity index (χ4v) is 3.58. The van der Waals surface area contributed by atoms with Crippen molar-refractivity contribution in [1.29, 1.82) is 0 Å². The molecule has 1 saturated heterocycles. The zero-order valence-electron chi connectivity index (χ0n) is 16.5. The quantitative estimate of drug-likeness (QED) is 0.755. The van der Waals surface area contributed by atoms with Crippen LogP contribution in [0.15, 0.2) is 24.3 Å². The van der Waals surface area contributed by atoms with Gasteiger partial charge in [0, 0.05) is 37.2 Å². The van der Waals surface area contributed by atoms with E-state index < -0.39 is 0 Å². The summed E-state index contributed by atoms with van der Waals surface area (Å²) in [7, 11) is 6.00. The second kappa shape index (κ2) is 8.00. The van der Waals surface area contributed by atoms with Gasteiger partial charge in [0.15, 0.2) is 5.78 Å². The Morgan fingerprint density at radius 3 is 2.67 bits per heavy atom. The first-order chi connectivity index (χ1) is 12.9. The highest BCUT2D eigenvalue weighted by molar-refractivity contribution is 5.99.